The zero-order valence-electron chi connectivity index (χ0n) is 7.40. The fourth-order valence-electron chi connectivity index (χ4n) is 1.36. The van der Waals surface area contributed by atoms with E-state index in [4.69, 9.17) is 10.2 Å². The number of hydrogen-bond acceptors (Lipinski definition) is 2. The van der Waals surface area contributed by atoms with Gasteiger partial charge in [-0.05, 0) is 12.3 Å². The van der Waals surface area contributed by atoms with Crippen LogP contribution in [0.3, 0.4) is 0 Å². The molecule has 0 radical (unpaired) electrons. The first-order chi connectivity index (χ1) is 5.70. The molecule has 0 aromatic rings. The first-order valence-electron chi connectivity index (χ1n) is 4.27. The summed E-state index contributed by atoms with van der Waals surface area (Å²) in [6.07, 6.45) is 8.99. The van der Waals surface area contributed by atoms with E-state index in [1.54, 1.807) is 0 Å². The Morgan fingerprint density at radius 1 is 1.17 bits per heavy atom. The van der Waals surface area contributed by atoms with Gasteiger partial charge in [-0.2, -0.15) is 0 Å². The Balaban J connectivity index is 2.47. The third kappa shape index (κ3) is 2.19. The second kappa shape index (κ2) is 3.87. The molecule has 1 aliphatic rings. The SMILES string of the molecule is CC(CO)(CO)CC1C=CC=C1. The topological polar surface area (TPSA) is 40.5 Å². The molecule has 0 aliphatic heterocycles. The number of aliphatic hydroxyl groups is 2. The minimum absolute atomic E-state index is 0.0433. The summed E-state index contributed by atoms with van der Waals surface area (Å²) in [5, 5.41) is 18.1. The highest BCUT2D eigenvalue weighted by atomic mass is 16.3. The molecule has 1 rings (SSSR count). The Morgan fingerprint density at radius 2 is 1.67 bits per heavy atom. The van der Waals surface area contributed by atoms with Crippen molar-refractivity contribution in [2.75, 3.05) is 13.2 Å². The highest BCUT2D eigenvalue weighted by molar-refractivity contribution is 5.17. The van der Waals surface area contributed by atoms with Crippen LogP contribution in [0.15, 0.2) is 24.3 Å². The van der Waals surface area contributed by atoms with Gasteiger partial charge in [-0.3, -0.25) is 0 Å². The van der Waals surface area contributed by atoms with Gasteiger partial charge in [-0.15, -0.1) is 0 Å². The Kier molecular flexibility index (Phi) is 3.06. The third-order valence-corrected chi connectivity index (χ3v) is 2.32. The van der Waals surface area contributed by atoms with E-state index in [1.165, 1.54) is 0 Å². The first-order valence-corrected chi connectivity index (χ1v) is 4.27. The van der Waals surface area contributed by atoms with Crippen molar-refractivity contribution >= 4 is 0 Å². The lowest BCUT2D eigenvalue weighted by Crippen LogP contribution is -2.27. The number of aliphatic hydroxyl groups excluding tert-OH is 2. The maximum atomic E-state index is 9.04. The molecule has 0 unspecified atom stereocenters. The van der Waals surface area contributed by atoms with Gasteiger partial charge in [0.05, 0.1) is 13.2 Å². The molecular formula is C10H16O2. The summed E-state index contributed by atoms with van der Waals surface area (Å²) in [5.74, 6) is 0.384. The average molecular weight is 168 g/mol. The van der Waals surface area contributed by atoms with Crippen LogP contribution in [-0.2, 0) is 0 Å². The van der Waals surface area contributed by atoms with E-state index in [1.807, 2.05) is 19.1 Å². The van der Waals surface area contributed by atoms with Gasteiger partial charge in [0.15, 0.2) is 0 Å². The van der Waals surface area contributed by atoms with Crippen LogP contribution in [0.2, 0.25) is 0 Å². The van der Waals surface area contributed by atoms with E-state index in [0.29, 0.717) is 5.92 Å². The third-order valence-electron chi connectivity index (χ3n) is 2.32. The van der Waals surface area contributed by atoms with Crippen LogP contribution in [0, 0.1) is 11.3 Å². The zero-order chi connectivity index (χ0) is 9.03. The van der Waals surface area contributed by atoms with Gasteiger partial charge in [-0.25, -0.2) is 0 Å². The maximum absolute atomic E-state index is 9.04. The standard InChI is InChI=1S/C10H16O2/c1-10(7-11,8-12)6-9-4-2-3-5-9/h2-5,9,11-12H,6-8H2,1H3. The van der Waals surface area contributed by atoms with Crippen molar-refractivity contribution in [3.8, 4) is 0 Å². The molecule has 0 amide bonds. The molecule has 0 bridgehead atoms. The molecule has 2 heteroatoms. The van der Waals surface area contributed by atoms with Crippen LogP contribution in [0.5, 0.6) is 0 Å². The van der Waals surface area contributed by atoms with Gasteiger partial charge >= 0.3 is 0 Å². The van der Waals surface area contributed by atoms with Gasteiger partial charge in [-0.1, -0.05) is 31.2 Å². The lowest BCUT2D eigenvalue weighted by molar-refractivity contribution is 0.0578. The highest BCUT2D eigenvalue weighted by Crippen LogP contribution is 2.28. The molecule has 0 aromatic carbocycles. The predicted octanol–water partition coefficient (Wildman–Crippen LogP) is 1.11. The van der Waals surface area contributed by atoms with Crippen molar-refractivity contribution in [3.63, 3.8) is 0 Å². The summed E-state index contributed by atoms with van der Waals surface area (Å²) >= 11 is 0. The zero-order valence-corrected chi connectivity index (χ0v) is 7.40. The summed E-state index contributed by atoms with van der Waals surface area (Å²) in [5.41, 5.74) is -0.344. The summed E-state index contributed by atoms with van der Waals surface area (Å²) in [6.45, 7) is 1.98. The van der Waals surface area contributed by atoms with Crippen LogP contribution >= 0.6 is 0 Å². The largest absolute Gasteiger partial charge is 0.396 e. The second-order valence-corrected chi connectivity index (χ2v) is 3.76. The maximum Gasteiger partial charge on any atom is 0.0507 e. The van der Waals surface area contributed by atoms with Crippen molar-refractivity contribution in [2.45, 2.75) is 13.3 Å². The number of hydrogen-bond donors (Lipinski definition) is 2. The molecule has 0 atom stereocenters. The van der Waals surface area contributed by atoms with Crippen molar-refractivity contribution in [1.29, 1.82) is 0 Å². The minimum Gasteiger partial charge on any atom is -0.396 e. The fourth-order valence-corrected chi connectivity index (χ4v) is 1.36. The molecule has 68 valence electrons. The molecule has 2 N–H and O–H groups in total. The Labute approximate surface area is 73.2 Å². The minimum atomic E-state index is -0.344. The van der Waals surface area contributed by atoms with Gasteiger partial charge in [0.1, 0.15) is 0 Å². The van der Waals surface area contributed by atoms with E-state index in [0.717, 1.165) is 6.42 Å². The molecule has 0 saturated heterocycles. The van der Waals surface area contributed by atoms with E-state index in [9.17, 15) is 0 Å². The smallest absolute Gasteiger partial charge is 0.0507 e. The first kappa shape index (κ1) is 9.49. The van der Waals surface area contributed by atoms with Crippen molar-refractivity contribution in [2.24, 2.45) is 11.3 Å². The van der Waals surface area contributed by atoms with Crippen LogP contribution in [0.1, 0.15) is 13.3 Å². The van der Waals surface area contributed by atoms with Crippen molar-refractivity contribution in [1.82, 2.24) is 0 Å². The Hall–Kier alpha value is -0.600. The van der Waals surface area contributed by atoms with Crippen LogP contribution in [-0.4, -0.2) is 23.4 Å². The van der Waals surface area contributed by atoms with E-state index in [-0.39, 0.29) is 18.6 Å². The summed E-state index contributed by atoms with van der Waals surface area (Å²) < 4.78 is 0. The Morgan fingerprint density at radius 3 is 2.08 bits per heavy atom. The van der Waals surface area contributed by atoms with Crippen LogP contribution in [0.4, 0.5) is 0 Å². The van der Waals surface area contributed by atoms with Crippen molar-refractivity contribution < 1.29 is 10.2 Å². The summed E-state index contributed by atoms with van der Waals surface area (Å²) in [4.78, 5) is 0. The van der Waals surface area contributed by atoms with E-state index in [2.05, 4.69) is 12.2 Å². The molecular weight excluding hydrogens is 152 g/mol. The number of allylic oxidation sites excluding steroid dienone is 4. The summed E-state index contributed by atoms with van der Waals surface area (Å²) in [6, 6.07) is 0. The highest BCUT2D eigenvalue weighted by Gasteiger charge is 2.25. The molecule has 0 saturated carbocycles. The molecule has 0 spiro atoms. The molecule has 0 aromatic heterocycles. The van der Waals surface area contributed by atoms with E-state index >= 15 is 0 Å². The average Bonchev–Trinajstić information content (AvgIpc) is 2.57. The summed E-state index contributed by atoms with van der Waals surface area (Å²) in [7, 11) is 0. The van der Waals surface area contributed by atoms with Crippen molar-refractivity contribution in [3.05, 3.63) is 24.3 Å². The molecule has 1 aliphatic carbocycles. The number of rotatable bonds is 4. The molecule has 0 heterocycles. The van der Waals surface area contributed by atoms with Crippen LogP contribution < -0.4 is 0 Å². The fraction of sp³-hybridized carbons (Fsp3) is 0.600. The quantitative estimate of drug-likeness (QED) is 0.660. The molecule has 12 heavy (non-hydrogen) atoms. The normalized spacial score (nSPS) is 17.6. The van der Waals surface area contributed by atoms with Gasteiger partial charge < -0.3 is 10.2 Å². The lowest BCUT2D eigenvalue weighted by Gasteiger charge is -2.26. The second-order valence-electron chi connectivity index (χ2n) is 3.76. The predicted molar refractivity (Wildman–Crippen MR) is 48.7 cm³/mol. The van der Waals surface area contributed by atoms with Gasteiger partial charge in [0, 0.05) is 5.41 Å². The monoisotopic (exact) mass is 168 g/mol. The Bertz CT molecular complexity index is 178. The molecule has 0 fully saturated rings. The van der Waals surface area contributed by atoms with Gasteiger partial charge in [0.25, 0.3) is 0 Å². The van der Waals surface area contributed by atoms with Gasteiger partial charge in [0.2, 0.25) is 0 Å². The van der Waals surface area contributed by atoms with E-state index < -0.39 is 0 Å². The lowest BCUT2D eigenvalue weighted by atomic mass is 9.83. The van der Waals surface area contributed by atoms with Crippen LogP contribution in [0.25, 0.3) is 0 Å². The molecule has 2 nitrogen and oxygen atoms in total.